The molecule has 8 heteroatoms. The number of rotatable bonds is 3. The third-order valence-electron chi connectivity index (χ3n) is 10.5. The van der Waals surface area contributed by atoms with Gasteiger partial charge in [0, 0.05) is 39.2 Å². The Balaban J connectivity index is 1.11. The van der Waals surface area contributed by atoms with E-state index in [4.69, 9.17) is 4.42 Å². The lowest BCUT2D eigenvalue weighted by molar-refractivity contribution is -0.123. The molecule has 9 rings (SSSR count). The largest absolute Gasteiger partial charge is 0.507 e. The number of ketones is 2. The van der Waals surface area contributed by atoms with Crippen molar-refractivity contribution in [2.75, 3.05) is 4.90 Å². The number of phenolic OH excluding ortho intramolecular Hbond substituents is 1. The molecule has 4 aromatic carbocycles. The number of fused-ring (bicyclic) bond motifs is 5. The van der Waals surface area contributed by atoms with Crippen LogP contribution in [0.25, 0.3) is 33.3 Å². The third kappa shape index (κ3) is 3.98. The van der Waals surface area contributed by atoms with Gasteiger partial charge in [0.2, 0.25) is 17.7 Å². The molecule has 2 amide bonds. The Morgan fingerprint density at radius 2 is 1.62 bits per heavy atom. The van der Waals surface area contributed by atoms with Gasteiger partial charge in [0.15, 0.2) is 17.1 Å². The number of allylic oxidation sites excluding steroid dienone is 6. The smallest absolute Gasteiger partial charge is 0.238 e. The second-order valence-corrected chi connectivity index (χ2v) is 13.0. The fraction of sp³-hybridized carbons (Fsp3) is 0.175. The number of aromatic nitrogens is 1. The molecule has 5 aromatic rings. The van der Waals surface area contributed by atoms with Crippen LogP contribution in [0.1, 0.15) is 31.2 Å². The lowest BCUT2D eigenvalue weighted by Crippen LogP contribution is -2.39. The number of nitrogens with zero attached hydrogens (tertiary/aromatic N) is 2. The SMILES string of the molecule is CC1=CC(=O)C2=C(CC3C(=CCC4C(=O)N(c5ccc(-c6nc7ccccc7o6)cc5)C(=O)C43)C2c2ccc3ccccc3c2O)C1=O. The van der Waals surface area contributed by atoms with E-state index in [2.05, 4.69) is 4.98 Å². The maximum absolute atomic E-state index is 14.4. The van der Waals surface area contributed by atoms with E-state index in [-0.39, 0.29) is 35.6 Å². The number of benzene rings is 4. The van der Waals surface area contributed by atoms with E-state index in [9.17, 15) is 24.3 Å². The molecule has 1 aromatic heterocycles. The molecule has 8 nitrogen and oxygen atoms in total. The average molecular weight is 633 g/mol. The van der Waals surface area contributed by atoms with Crippen LogP contribution < -0.4 is 4.90 Å². The Morgan fingerprint density at radius 1 is 0.854 bits per heavy atom. The summed E-state index contributed by atoms with van der Waals surface area (Å²) in [4.78, 5) is 61.4. The zero-order chi connectivity index (χ0) is 32.8. The van der Waals surface area contributed by atoms with E-state index in [1.807, 2.05) is 60.7 Å². The average Bonchev–Trinajstić information content (AvgIpc) is 3.65. The summed E-state index contributed by atoms with van der Waals surface area (Å²) in [7, 11) is 0. The van der Waals surface area contributed by atoms with Gasteiger partial charge in [-0.15, -0.1) is 0 Å². The molecule has 0 radical (unpaired) electrons. The molecule has 0 saturated carbocycles. The quantitative estimate of drug-likeness (QED) is 0.129. The van der Waals surface area contributed by atoms with E-state index in [1.165, 1.54) is 11.0 Å². The summed E-state index contributed by atoms with van der Waals surface area (Å²) in [6, 6.07) is 25.6. The van der Waals surface area contributed by atoms with Gasteiger partial charge in [-0.2, -0.15) is 0 Å². The van der Waals surface area contributed by atoms with E-state index in [0.717, 1.165) is 16.5 Å². The van der Waals surface area contributed by atoms with Crippen molar-refractivity contribution in [3.05, 3.63) is 125 Å². The van der Waals surface area contributed by atoms with Crippen LogP contribution in [0.15, 0.2) is 124 Å². The van der Waals surface area contributed by atoms with Gasteiger partial charge in [-0.25, -0.2) is 4.98 Å². The predicted octanol–water partition coefficient (Wildman–Crippen LogP) is 6.99. The summed E-state index contributed by atoms with van der Waals surface area (Å²) in [6.45, 7) is 1.62. The van der Waals surface area contributed by atoms with Crippen molar-refractivity contribution in [3.63, 3.8) is 0 Å². The van der Waals surface area contributed by atoms with E-state index < -0.39 is 23.7 Å². The Kier molecular flexibility index (Phi) is 6.09. The first kappa shape index (κ1) is 28.3. The molecule has 2 heterocycles. The van der Waals surface area contributed by atoms with Crippen LogP contribution in [0.4, 0.5) is 5.69 Å². The number of carbonyl (C=O) groups is 4. The van der Waals surface area contributed by atoms with E-state index in [1.54, 1.807) is 37.3 Å². The molecule has 0 bridgehead atoms. The summed E-state index contributed by atoms with van der Waals surface area (Å²) in [5, 5.41) is 13.1. The minimum absolute atomic E-state index is 0.0367. The Morgan fingerprint density at radius 3 is 2.44 bits per heavy atom. The molecule has 4 aliphatic rings. The second-order valence-electron chi connectivity index (χ2n) is 13.0. The van der Waals surface area contributed by atoms with Crippen LogP contribution >= 0.6 is 0 Å². The maximum atomic E-state index is 14.4. The molecule has 234 valence electrons. The van der Waals surface area contributed by atoms with Gasteiger partial charge < -0.3 is 9.52 Å². The van der Waals surface area contributed by atoms with Gasteiger partial charge in [0.25, 0.3) is 0 Å². The second kappa shape index (κ2) is 10.3. The van der Waals surface area contributed by atoms with Crippen molar-refractivity contribution in [2.24, 2.45) is 17.8 Å². The Labute approximate surface area is 274 Å². The zero-order valence-corrected chi connectivity index (χ0v) is 25.8. The molecule has 1 N–H and O–H groups in total. The number of hydrogen-bond acceptors (Lipinski definition) is 7. The predicted molar refractivity (Wildman–Crippen MR) is 179 cm³/mol. The molecular weight excluding hydrogens is 604 g/mol. The van der Waals surface area contributed by atoms with Crippen LogP contribution in [0, 0.1) is 17.8 Å². The van der Waals surface area contributed by atoms with Crippen molar-refractivity contribution in [1.29, 1.82) is 0 Å². The number of aromatic hydroxyl groups is 1. The molecular formula is C40H28N2O6. The van der Waals surface area contributed by atoms with E-state index in [0.29, 0.717) is 56.8 Å². The lowest BCUT2D eigenvalue weighted by Gasteiger charge is -2.42. The summed E-state index contributed by atoms with van der Waals surface area (Å²) < 4.78 is 5.90. The van der Waals surface area contributed by atoms with Crippen LogP contribution in [0.2, 0.25) is 0 Å². The highest BCUT2D eigenvalue weighted by Crippen LogP contribution is 2.56. The number of hydrogen-bond donors (Lipinski definition) is 1. The van der Waals surface area contributed by atoms with Crippen molar-refractivity contribution in [2.45, 2.75) is 25.7 Å². The normalized spacial score (nSPS) is 23.7. The van der Waals surface area contributed by atoms with Crippen LogP contribution in [0.3, 0.4) is 0 Å². The zero-order valence-electron chi connectivity index (χ0n) is 25.8. The number of carbonyl (C=O) groups excluding carboxylic acids is 4. The van der Waals surface area contributed by atoms with Gasteiger partial charge in [-0.3, -0.25) is 24.1 Å². The number of amides is 2. The minimum Gasteiger partial charge on any atom is -0.507 e. The number of Topliss-reactive ketones (excluding diaryl/α,β-unsaturated/α-hetero) is 1. The van der Waals surface area contributed by atoms with Crippen molar-refractivity contribution in [3.8, 4) is 17.2 Å². The maximum Gasteiger partial charge on any atom is 0.238 e. The number of oxazole rings is 1. The molecule has 4 atom stereocenters. The third-order valence-corrected chi connectivity index (χ3v) is 10.5. The number of anilines is 1. The van der Waals surface area contributed by atoms with Gasteiger partial charge >= 0.3 is 0 Å². The van der Waals surface area contributed by atoms with Gasteiger partial charge in [0.1, 0.15) is 11.3 Å². The van der Waals surface area contributed by atoms with Crippen molar-refractivity contribution in [1.82, 2.24) is 4.98 Å². The fourth-order valence-electron chi connectivity index (χ4n) is 8.25. The first-order valence-electron chi connectivity index (χ1n) is 16.0. The number of para-hydroxylation sites is 2. The highest BCUT2D eigenvalue weighted by molar-refractivity contribution is 6.25. The minimum atomic E-state index is -0.724. The monoisotopic (exact) mass is 632 g/mol. The Bertz CT molecular complexity index is 2340. The molecule has 1 fully saturated rings. The molecule has 48 heavy (non-hydrogen) atoms. The molecule has 1 aliphatic heterocycles. The first-order chi connectivity index (χ1) is 23.3. The summed E-state index contributed by atoms with van der Waals surface area (Å²) in [6.07, 6.45) is 3.81. The first-order valence-corrected chi connectivity index (χ1v) is 16.0. The molecule has 1 saturated heterocycles. The van der Waals surface area contributed by atoms with Crippen molar-refractivity contribution >= 4 is 50.9 Å². The van der Waals surface area contributed by atoms with Gasteiger partial charge in [0.05, 0.1) is 17.5 Å². The fourth-order valence-corrected chi connectivity index (χ4v) is 8.25. The van der Waals surface area contributed by atoms with Gasteiger partial charge in [-0.1, -0.05) is 60.2 Å². The molecule has 0 spiro atoms. The molecule has 3 aliphatic carbocycles. The lowest BCUT2D eigenvalue weighted by atomic mass is 9.59. The highest BCUT2D eigenvalue weighted by Gasteiger charge is 2.56. The van der Waals surface area contributed by atoms with Crippen LogP contribution in [0.5, 0.6) is 5.75 Å². The topological polar surface area (TPSA) is 118 Å². The summed E-state index contributed by atoms with van der Waals surface area (Å²) >= 11 is 0. The van der Waals surface area contributed by atoms with Crippen LogP contribution in [-0.4, -0.2) is 33.5 Å². The van der Waals surface area contributed by atoms with Crippen molar-refractivity contribution < 1.29 is 28.7 Å². The van der Waals surface area contributed by atoms with Gasteiger partial charge in [-0.05, 0) is 73.5 Å². The Hall–Kier alpha value is -5.89. The number of imide groups is 1. The standard InChI is InChI=1S/C40H28N2O6/c1-20-18-31(43)35-29(36(20)44)19-28-25(33(35)26-15-12-21-6-2-3-7-24(21)37(26)45)16-17-27-34(28)40(47)42(39(27)46)23-13-10-22(11-14-23)38-41-30-8-4-5-9-32(30)48-38/h2-16,18,27-28,33-34,45H,17,19H2,1H3. The van der Waals surface area contributed by atoms with E-state index >= 15 is 0 Å². The summed E-state index contributed by atoms with van der Waals surface area (Å²) in [5.74, 6) is -3.20. The number of phenols is 1. The highest BCUT2D eigenvalue weighted by atomic mass is 16.3. The summed E-state index contributed by atoms with van der Waals surface area (Å²) in [5.41, 5.74) is 4.92. The molecule has 4 unspecified atom stereocenters. The van der Waals surface area contributed by atoms with Crippen LogP contribution in [-0.2, 0) is 19.2 Å².